The molecule has 10 amide bonds. The number of carboxylic acid groups (broad SMARTS) is 2. The van der Waals surface area contributed by atoms with Gasteiger partial charge in [0.15, 0.2) is 0 Å². The molecular formula is C47H78N12O14. The predicted molar refractivity (Wildman–Crippen MR) is 261 cm³/mol. The second kappa shape index (κ2) is 29.3. The molecule has 410 valence electrons. The molecule has 6 aliphatic rings. The first-order valence-corrected chi connectivity index (χ1v) is 25.1. The molecule has 6 fully saturated rings. The number of nitrogens with one attached hydrogen (secondary N) is 8. The Morgan fingerprint density at radius 3 is 1.40 bits per heavy atom. The van der Waals surface area contributed by atoms with Gasteiger partial charge in [0, 0.05) is 52.4 Å². The molecular weight excluding hydrogens is 957 g/mol. The van der Waals surface area contributed by atoms with E-state index in [1.165, 1.54) is 9.80 Å². The summed E-state index contributed by atoms with van der Waals surface area (Å²) in [7, 11) is 0. The Morgan fingerprint density at radius 1 is 0.493 bits per heavy atom. The molecule has 0 aliphatic carbocycles. The maximum Gasteiger partial charge on any atom is 0.305 e. The van der Waals surface area contributed by atoms with Crippen LogP contribution in [-0.2, 0) is 57.5 Å². The Kier molecular flexibility index (Phi) is 24.4. The van der Waals surface area contributed by atoms with Crippen LogP contribution in [0.15, 0.2) is 0 Å². The lowest BCUT2D eigenvalue weighted by molar-refractivity contribution is -0.142. The van der Waals surface area contributed by atoms with Gasteiger partial charge in [0.2, 0.25) is 59.1 Å². The highest BCUT2D eigenvalue weighted by Crippen LogP contribution is 2.15. The van der Waals surface area contributed by atoms with Crippen molar-refractivity contribution < 1.29 is 67.7 Å². The van der Waals surface area contributed by atoms with Gasteiger partial charge in [-0.1, -0.05) is 68.2 Å². The molecule has 0 aromatic carbocycles. The zero-order valence-electron chi connectivity index (χ0n) is 43.4. The lowest BCUT2D eigenvalue weighted by Gasteiger charge is -2.37. The van der Waals surface area contributed by atoms with Crippen LogP contribution in [0.3, 0.4) is 0 Å². The summed E-state index contributed by atoms with van der Waals surface area (Å²) < 4.78 is 0. The number of aliphatic carboxylic acids is 2. The van der Waals surface area contributed by atoms with Gasteiger partial charge < -0.3 is 62.5 Å². The van der Waals surface area contributed by atoms with Gasteiger partial charge in [0.05, 0.1) is 39.0 Å². The average Bonchev–Trinajstić information content (AvgIpc) is 3.33. The van der Waals surface area contributed by atoms with E-state index in [4.69, 9.17) is 0 Å². The highest BCUT2D eigenvalue weighted by atomic mass is 16.4. The van der Waals surface area contributed by atoms with E-state index in [1.807, 2.05) is 6.92 Å². The summed E-state index contributed by atoms with van der Waals surface area (Å²) in [6.07, 6.45) is -0.727. The fraction of sp³-hybridized carbons (Fsp3) is 0.745. The first-order valence-electron chi connectivity index (χ1n) is 25.1. The molecule has 26 nitrogen and oxygen atoms in total. The van der Waals surface area contributed by atoms with Crippen molar-refractivity contribution in [3.05, 3.63) is 0 Å². The Morgan fingerprint density at radius 2 is 0.932 bits per heavy atom. The molecule has 0 radical (unpaired) electrons. The zero-order valence-corrected chi connectivity index (χ0v) is 43.4. The second-order valence-corrected chi connectivity index (χ2v) is 19.9. The molecule has 0 spiro atoms. The Bertz CT molecular complexity index is 2010. The number of hydrogen-bond donors (Lipinski definition) is 10. The molecule has 6 aliphatic heterocycles. The molecule has 6 saturated heterocycles. The highest BCUT2D eigenvalue weighted by molar-refractivity contribution is 5.98. The topological polar surface area (TPSA) is 354 Å². The maximum atomic E-state index is 13.9. The van der Waals surface area contributed by atoms with Crippen LogP contribution in [0.25, 0.3) is 0 Å². The Hall–Kier alpha value is -6.44. The molecule has 0 aromatic heterocycles. The zero-order chi connectivity index (χ0) is 54.7. The minimum Gasteiger partial charge on any atom is -0.481 e. The van der Waals surface area contributed by atoms with Gasteiger partial charge in [-0.3, -0.25) is 67.3 Å². The third-order valence-electron chi connectivity index (χ3n) is 13.2. The molecule has 6 heterocycles. The first-order chi connectivity index (χ1) is 34.3. The lowest BCUT2D eigenvalue weighted by atomic mass is 9.96. The number of carboxylic acids is 2. The van der Waals surface area contributed by atoms with E-state index in [9.17, 15) is 67.7 Å². The van der Waals surface area contributed by atoms with Crippen molar-refractivity contribution in [2.24, 2.45) is 23.7 Å². The summed E-state index contributed by atoms with van der Waals surface area (Å²) >= 11 is 0. The molecule has 6 rings (SSSR count). The number of nitrogens with zero attached hydrogens (tertiary/aromatic N) is 4. The quantitative estimate of drug-likeness (QED) is 0.0948. The number of amides is 10. The van der Waals surface area contributed by atoms with Gasteiger partial charge in [-0.15, -0.1) is 0 Å². The third-order valence-corrected chi connectivity index (χ3v) is 13.2. The number of carbonyl (C=O) groups excluding carboxylic acids is 10. The van der Waals surface area contributed by atoms with Crippen molar-refractivity contribution in [2.45, 2.75) is 124 Å². The van der Waals surface area contributed by atoms with E-state index >= 15 is 0 Å². The van der Waals surface area contributed by atoms with Crippen LogP contribution in [0.2, 0.25) is 0 Å². The van der Waals surface area contributed by atoms with E-state index in [0.717, 1.165) is 0 Å². The van der Waals surface area contributed by atoms with E-state index in [2.05, 4.69) is 42.5 Å². The molecule has 8 atom stereocenters. The van der Waals surface area contributed by atoms with Gasteiger partial charge in [-0.05, 0) is 30.1 Å². The van der Waals surface area contributed by atoms with Gasteiger partial charge in [0.25, 0.3) is 0 Å². The van der Waals surface area contributed by atoms with Crippen molar-refractivity contribution in [1.29, 1.82) is 0 Å². The van der Waals surface area contributed by atoms with Gasteiger partial charge in [-0.25, -0.2) is 0 Å². The smallest absolute Gasteiger partial charge is 0.305 e. The molecule has 26 heteroatoms. The van der Waals surface area contributed by atoms with Crippen LogP contribution >= 0.6 is 0 Å². The minimum atomic E-state index is -1.64. The van der Waals surface area contributed by atoms with Crippen LogP contribution in [0.1, 0.15) is 87.5 Å². The summed E-state index contributed by atoms with van der Waals surface area (Å²) in [4.78, 5) is 165. The van der Waals surface area contributed by atoms with Crippen LogP contribution in [0, 0.1) is 23.7 Å². The summed E-state index contributed by atoms with van der Waals surface area (Å²) in [5, 5.41) is 39.7. The van der Waals surface area contributed by atoms with E-state index in [0.29, 0.717) is 12.8 Å². The molecule has 4 bridgehead atoms. The molecule has 0 aromatic rings. The summed E-state index contributed by atoms with van der Waals surface area (Å²) in [5.74, 6) is -11.5. The summed E-state index contributed by atoms with van der Waals surface area (Å²) in [6.45, 7) is 13.9. The average molecular weight is 1040 g/mol. The molecule has 0 saturated carbocycles. The minimum absolute atomic E-state index is 0.0733. The lowest BCUT2D eigenvalue weighted by Crippen LogP contribution is -2.61. The van der Waals surface area contributed by atoms with E-state index in [1.54, 1.807) is 58.3 Å². The van der Waals surface area contributed by atoms with E-state index in [-0.39, 0.29) is 77.8 Å². The van der Waals surface area contributed by atoms with Crippen LogP contribution in [0.5, 0.6) is 0 Å². The second-order valence-electron chi connectivity index (χ2n) is 19.9. The normalized spacial score (nSPS) is 27.7. The molecule has 3 unspecified atom stereocenters. The predicted octanol–water partition coefficient (Wildman–Crippen LogP) is -3.83. The fourth-order valence-corrected chi connectivity index (χ4v) is 8.42. The van der Waals surface area contributed by atoms with Crippen molar-refractivity contribution in [3.63, 3.8) is 0 Å². The Labute approximate surface area is 425 Å². The number of piperazine rings is 2. The fourth-order valence-electron chi connectivity index (χ4n) is 8.42. The number of hydrogen-bond acceptors (Lipinski definition) is 14. The maximum absolute atomic E-state index is 13.9. The third kappa shape index (κ3) is 19.8. The summed E-state index contributed by atoms with van der Waals surface area (Å²) in [5.41, 5.74) is 0. The monoisotopic (exact) mass is 1030 g/mol. The van der Waals surface area contributed by atoms with E-state index < -0.39 is 151 Å². The van der Waals surface area contributed by atoms with Gasteiger partial charge in [0.1, 0.15) is 36.3 Å². The number of rotatable bonds is 11. The van der Waals surface area contributed by atoms with Crippen LogP contribution < -0.4 is 42.5 Å². The van der Waals surface area contributed by atoms with Gasteiger partial charge >= 0.3 is 11.9 Å². The van der Waals surface area contributed by atoms with Crippen molar-refractivity contribution >= 4 is 71.0 Å². The highest BCUT2D eigenvalue weighted by Gasteiger charge is 2.37. The van der Waals surface area contributed by atoms with Gasteiger partial charge in [-0.2, -0.15) is 0 Å². The SMILES string of the molecule is CC[C@H](C)C1NC(=O)CN2CCN(CC2)C(=O)CNC(=O)[C@H](CC(=O)O)NC(=O)[C@H](CC(C)C)NC(=O)C([C@@H](C)CC)NC(=O)CN2CCN(CC2)C(=O)C(C(C)C)NC(=O)[C@H](CC(=O)O)NC(=O)CNC1=O. The van der Waals surface area contributed by atoms with Crippen molar-refractivity contribution in [3.8, 4) is 0 Å². The standard InChI is InChI=1S/C47H78N12O14/c1-9-28(7)40-45(71)48-22-33(60)50-32(21-38(66)67)44(70)55-39(27(5)6)47(73)59-17-13-57(14-18-59)25-35(62)54-41(29(8)10-2)46(72)52-30(19-26(3)4)43(69)51-31(20-37(64)65)42(68)49-23-36(63)58-15-11-56(12-16-58)24-34(61)53-40/h26-32,39-41H,9-25H2,1-8H3,(H,48,71)(H,49,68)(H,50,60)(H,51,69)(H,52,72)(H,53,61)(H,54,62)(H,55,70)(H,64,65)(H,66,67)/t28-,29-,30-,31-,32-,39?,40?,41?/m0/s1. The van der Waals surface area contributed by atoms with Crippen molar-refractivity contribution in [2.75, 3.05) is 78.5 Å². The number of carbonyl (C=O) groups is 12. The van der Waals surface area contributed by atoms with Crippen LogP contribution in [-0.4, -0.2) is 216 Å². The first kappa shape index (κ1) is 60.9. The molecule has 73 heavy (non-hydrogen) atoms. The molecule has 10 N–H and O–H groups in total. The Balaban J connectivity index is 1.91. The van der Waals surface area contributed by atoms with Crippen molar-refractivity contribution in [1.82, 2.24) is 62.1 Å². The summed E-state index contributed by atoms with van der Waals surface area (Å²) in [6, 6.07) is -7.90. The largest absolute Gasteiger partial charge is 0.481 e. The van der Waals surface area contributed by atoms with Crippen LogP contribution in [0.4, 0.5) is 0 Å².